The standard InChI is InChI=1S/C11H10BrClO/c1-7(2)5-11(14)8-3-4-10(13)9(12)6-8/h3-6H,1-2H3. The third-order valence-electron chi connectivity index (χ3n) is 1.62. The van der Waals surface area contributed by atoms with Gasteiger partial charge in [0.15, 0.2) is 5.78 Å². The van der Waals surface area contributed by atoms with Gasteiger partial charge in [0, 0.05) is 10.0 Å². The number of ketones is 1. The lowest BCUT2D eigenvalue weighted by Gasteiger charge is -1.99. The second kappa shape index (κ2) is 4.76. The maximum absolute atomic E-state index is 11.6. The Bertz CT molecular complexity index is 392. The minimum atomic E-state index is 0.00219. The third kappa shape index (κ3) is 2.96. The number of hydrogen-bond donors (Lipinski definition) is 0. The molecule has 0 aliphatic carbocycles. The van der Waals surface area contributed by atoms with E-state index in [4.69, 9.17) is 11.6 Å². The summed E-state index contributed by atoms with van der Waals surface area (Å²) in [7, 11) is 0. The quantitative estimate of drug-likeness (QED) is 0.581. The zero-order valence-corrected chi connectivity index (χ0v) is 10.3. The minimum Gasteiger partial charge on any atom is -0.289 e. The van der Waals surface area contributed by atoms with Gasteiger partial charge in [-0.2, -0.15) is 0 Å². The molecule has 0 amide bonds. The smallest absolute Gasteiger partial charge is 0.185 e. The van der Waals surface area contributed by atoms with E-state index in [1.165, 1.54) is 0 Å². The molecule has 0 heterocycles. The van der Waals surface area contributed by atoms with Gasteiger partial charge in [0.1, 0.15) is 0 Å². The summed E-state index contributed by atoms with van der Waals surface area (Å²) in [6, 6.07) is 5.15. The molecule has 0 aromatic heterocycles. The number of carbonyl (C=O) groups is 1. The molecule has 1 nitrogen and oxygen atoms in total. The van der Waals surface area contributed by atoms with Crippen LogP contribution in [0.25, 0.3) is 0 Å². The Morgan fingerprint density at radius 2 is 2.07 bits per heavy atom. The summed E-state index contributed by atoms with van der Waals surface area (Å²) in [6.07, 6.45) is 1.61. The van der Waals surface area contributed by atoms with E-state index in [1.807, 2.05) is 13.8 Å². The van der Waals surface area contributed by atoms with Crippen molar-refractivity contribution >= 4 is 33.3 Å². The summed E-state index contributed by atoms with van der Waals surface area (Å²) >= 11 is 9.09. The number of halogens is 2. The summed E-state index contributed by atoms with van der Waals surface area (Å²) in [4.78, 5) is 11.6. The normalized spacial score (nSPS) is 9.71. The van der Waals surface area contributed by atoms with Gasteiger partial charge in [0.05, 0.1) is 5.02 Å². The number of carbonyl (C=O) groups excluding carboxylic acids is 1. The second-order valence-corrected chi connectivity index (χ2v) is 4.48. The monoisotopic (exact) mass is 272 g/mol. The van der Waals surface area contributed by atoms with Crippen LogP contribution in [0.3, 0.4) is 0 Å². The first-order valence-corrected chi connectivity index (χ1v) is 5.32. The van der Waals surface area contributed by atoms with E-state index in [0.29, 0.717) is 10.6 Å². The van der Waals surface area contributed by atoms with E-state index in [2.05, 4.69) is 15.9 Å². The zero-order chi connectivity index (χ0) is 10.7. The highest BCUT2D eigenvalue weighted by Crippen LogP contribution is 2.23. The summed E-state index contributed by atoms with van der Waals surface area (Å²) in [5.41, 5.74) is 1.63. The van der Waals surface area contributed by atoms with Crippen molar-refractivity contribution in [2.45, 2.75) is 13.8 Å². The van der Waals surface area contributed by atoms with Crippen molar-refractivity contribution < 1.29 is 4.79 Å². The molecule has 3 heteroatoms. The fraction of sp³-hybridized carbons (Fsp3) is 0.182. The molecular weight excluding hydrogens is 263 g/mol. The van der Waals surface area contributed by atoms with Gasteiger partial charge >= 0.3 is 0 Å². The van der Waals surface area contributed by atoms with Crippen LogP contribution in [0.4, 0.5) is 0 Å². The average molecular weight is 274 g/mol. The molecule has 0 saturated carbocycles. The summed E-state index contributed by atoms with van der Waals surface area (Å²) < 4.78 is 0.743. The molecule has 0 radical (unpaired) electrons. The van der Waals surface area contributed by atoms with Crippen LogP contribution in [-0.4, -0.2) is 5.78 Å². The summed E-state index contributed by atoms with van der Waals surface area (Å²) in [5.74, 6) is 0.00219. The average Bonchev–Trinajstić information content (AvgIpc) is 2.08. The maximum Gasteiger partial charge on any atom is 0.185 e. The van der Waals surface area contributed by atoms with Crippen LogP contribution in [0.15, 0.2) is 34.3 Å². The molecule has 0 aliphatic heterocycles. The molecule has 1 aromatic carbocycles. The molecule has 0 saturated heterocycles. The fourth-order valence-electron chi connectivity index (χ4n) is 0.995. The van der Waals surface area contributed by atoms with Crippen LogP contribution in [0.5, 0.6) is 0 Å². The topological polar surface area (TPSA) is 17.1 Å². The first-order chi connectivity index (χ1) is 6.50. The van der Waals surface area contributed by atoms with Gasteiger partial charge in [-0.1, -0.05) is 17.2 Å². The molecule has 0 aliphatic rings. The minimum absolute atomic E-state index is 0.00219. The van der Waals surface area contributed by atoms with Crippen LogP contribution in [0, 0.1) is 0 Å². The Kier molecular flexibility index (Phi) is 3.90. The van der Waals surface area contributed by atoms with E-state index in [1.54, 1.807) is 24.3 Å². The van der Waals surface area contributed by atoms with E-state index < -0.39 is 0 Å². The van der Waals surface area contributed by atoms with Crippen LogP contribution >= 0.6 is 27.5 Å². The van der Waals surface area contributed by atoms with Gasteiger partial charge in [-0.25, -0.2) is 0 Å². The molecule has 1 aromatic rings. The highest BCUT2D eigenvalue weighted by molar-refractivity contribution is 9.10. The lowest BCUT2D eigenvalue weighted by atomic mass is 10.1. The number of benzene rings is 1. The Morgan fingerprint density at radius 3 is 2.57 bits per heavy atom. The van der Waals surface area contributed by atoms with E-state index in [9.17, 15) is 4.79 Å². The number of hydrogen-bond acceptors (Lipinski definition) is 1. The molecule has 0 atom stereocenters. The van der Waals surface area contributed by atoms with Crippen molar-refractivity contribution in [1.82, 2.24) is 0 Å². The number of allylic oxidation sites excluding steroid dienone is 2. The third-order valence-corrected chi connectivity index (χ3v) is 2.84. The molecule has 0 spiro atoms. The molecular formula is C11H10BrClO. The number of rotatable bonds is 2. The van der Waals surface area contributed by atoms with Crippen LogP contribution in [0.1, 0.15) is 24.2 Å². The molecule has 14 heavy (non-hydrogen) atoms. The van der Waals surface area contributed by atoms with Crippen molar-refractivity contribution in [3.8, 4) is 0 Å². The van der Waals surface area contributed by atoms with Gasteiger partial charge in [-0.3, -0.25) is 4.79 Å². The van der Waals surface area contributed by atoms with Crippen molar-refractivity contribution in [3.05, 3.63) is 44.9 Å². The van der Waals surface area contributed by atoms with Gasteiger partial charge in [0.2, 0.25) is 0 Å². The maximum atomic E-state index is 11.6. The SMILES string of the molecule is CC(C)=CC(=O)c1ccc(Cl)c(Br)c1. The largest absolute Gasteiger partial charge is 0.289 e. The molecule has 0 N–H and O–H groups in total. The Balaban J connectivity index is 3.03. The molecule has 0 unspecified atom stereocenters. The molecule has 0 fully saturated rings. The van der Waals surface area contributed by atoms with E-state index in [0.717, 1.165) is 10.0 Å². The van der Waals surface area contributed by atoms with Gasteiger partial charge in [-0.15, -0.1) is 0 Å². The first kappa shape index (κ1) is 11.5. The van der Waals surface area contributed by atoms with Crippen molar-refractivity contribution in [1.29, 1.82) is 0 Å². The van der Waals surface area contributed by atoms with E-state index >= 15 is 0 Å². The Morgan fingerprint density at radius 1 is 1.43 bits per heavy atom. The van der Waals surface area contributed by atoms with Crippen molar-refractivity contribution in [3.63, 3.8) is 0 Å². The van der Waals surface area contributed by atoms with E-state index in [-0.39, 0.29) is 5.78 Å². The van der Waals surface area contributed by atoms with Gasteiger partial charge in [-0.05, 0) is 54.1 Å². The van der Waals surface area contributed by atoms with Gasteiger partial charge in [0.25, 0.3) is 0 Å². The van der Waals surface area contributed by atoms with Crippen molar-refractivity contribution in [2.24, 2.45) is 0 Å². The highest BCUT2D eigenvalue weighted by Gasteiger charge is 2.04. The summed E-state index contributed by atoms with van der Waals surface area (Å²) in [6.45, 7) is 3.78. The molecule has 1 rings (SSSR count). The summed E-state index contributed by atoms with van der Waals surface area (Å²) in [5, 5.41) is 0.610. The van der Waals surface area contributed by atoms with Crippen LogP contribution in [-0.2, 0) is 0 Å². The lowest BCUT2D eigenvalue weighted by molar-refractivity contribution is 0.104. The predicted octanol–water partition coefficient (Wildman–Crippen LogP) is 4.25. The Hall–Kier alpha value is -0.600. The van der Waals surface area contributed by atoms with Crippen LogP contribution < -0.4 is 0 Å². The highest BCUT2D eigenvalue weighted by atomic mass is 79.9. The molecule has 0 bridgehead atoms. The van der Waals surface area contributed by atoms with Crippen molar-refractivity contribution in [2.75, 3.05) is 0 Å². The second-order valence-electron chi connectivity index (χ2n) is 3.21. The van der Waals surface area contributed by atoms with Crippen LogP contribution in [0.2, 0.25) is 5.02 Å². The Labute approximate surface area is 96.9 Å². The predicted molar refractivity (Wildman–Crippen MR) is 62.9 cm³/mol. The lowest BCUT2D eigenvalue weighted by Crippen LogP contribution is -1.94. The molecule has 74 valence electrons. The fourth-order valence-corrected chi connectivity index (χ4v) is 1.49. The zero-order valence-electron chi connectivity index (χ0n) is 7.97. The van der Waals surface area contributed by atoms with Gasteiger partial charge < -0.3 is 0 Å². The first-order valence-electron chi connectivity index (χ1n) is 4.15.